The molecule has 1 saturated heterocycles. The molecule has 0 saturated carbocycles. The molecule has 2 heterocycles. The van der Waals surface area contributed by atoms with Crippen LogP contribution in [0.4, 0.5) is 0 Å². The summed E-state index contributed by atoms with van der Waals surface area (Å²) >= 11 is 0. The summed E-state index contributed by atoms with van der Waals surface area (Å²) in [6.45, 7) is -0.462. The predicted molar refractivity (Wildman–Crippen MR) is 49.0 cm³/mol. The lowest BCUT2D eigenvalue weighted by atomic mass is 9.98. The molecular formula is C8H13N3O5. The molecule has 90 valence electrons. The van der Waals surface area contributed by atoms with E-state index in [2.05, 4.69) is 10.3 Å². The number of hydrogen-bond donors (Lipinski definition) is 4. The van der Waals surface area contributed by atoms with E-state index in [0.717, 1.165) is 0 Å². The van der Waals surface area contributed by atoms with Crippen LogP contribution in [0.5, 0.6) is 0 Å². The first-order chi connectivity index (χ1) is 7.65. The zero-order chi connectivity index (χ0) is 11.7. The van der Waals surface area contributed by atoms with Crippen molar-refractivity contribution in [1.29, 1.82) is 0 Å². The Labute approximate surface area is 90.7 Å². The van der Waals surface area contributed by atoms with E-state index in [9.17, 15) is 15.3 Å². The lowest BCUT2D eigenvalue weighted by Crippen LogP contribution is -2.56. The van der Waals surface area contributed by atoms with Gasteiger partial charge in [0.2, 0.25) is 0 Å². The quantitative estimate of drug-likeness (QED) is 0.435. The Kier molecular flexibility index (Phi) is 3.17. The number of aliphatic hydroxyl groups excluding tert-OH is 4. The fourth-order valence-corrected chi connectivity index (χ4v) is 1.65. The molecule has 8 heteroatoms. The van der Waals surface area contributed by atoms with Gasteiger partial charge in [-0.15, -0.1) is 5.10 Å². The summed E-state index contributed by atoms with van der Waals surface area (Å²) < 4.78 is 6.44. The van der Waals surface area contributed by atoms with Gasteiger partial charge in [-0.05, 0) is 0 Å². The van der Waals surface area contributed by atoms with Gasteiger partial charge in [0.25, 0.3) is 0 Å². The highest BCUT2D eigenvalue weighted by Crippen LogP contribution is 2.27. The van der Waals surface area contributed by atoms with Crippen LogP contribution in [0.25, 0.3) is 0 Å². The van der Waals surface area contributed by atoms with E-state index in [1.165, 1.54) is 17.1 Å². The summed E-state index contributed by atoms with van der Waals surface area (Å²) in [6, 6.07) is 0. The summed E-state index contributed by atoms with van der Waals surface area (Å²) in [5, 5.41) is 44.9. The highest BCUT2D eigenvalue weighted by Gasteiger charge is 2.44. The van der Waals surface area contributed by atoms with Crippen LogP contribution < -0.4 is 0 Å². The van der Waals surface area contributed by atoms with E-state index in [0.29, 0.717) is 0 Å². The smallest absolute Gasteiger partial charge is 0.180 e. The Morgan fingerprint density at radius 1 is 1.19 bits per heavy atom. The number of nitrogens with zero attached hydrogens (tertiary/aromatic N) is 3. The van der Waals surface area contributed by atoms with Crippen molar-refractivity contribution >= 4 is 0 Å². The molecule has 8 nitrogen and oxygen atoms in total. The Bertz CT molecular complexity index is 330. The van der Waals surface area contributed by atoms with Crippen LogP contribution in [0, 0.1) is 0 Å². The number of aliphatic hydroxyl groups is 4. The van der Waals surface area contributed by atoms with Gasteiger partial charge < -0.3 is 25.2 Å². The van der Waals surface area contributed by atoms with Gasteiger partial charge in [-0.3, -0.25) is 0 Å². The Balaban J connectivity index is 2.20. The van der Waals surface area contributed by atoms with Crippen LogP contribution >= 0.6 is 0 Å². The minimum absolute atomic E-state index is 0.462. The third kappa shape index (κ3) is 1.81. The Morgan fingerprint density at radius 3 is 2.50 bits per heavy atom. The molecule has 1 aromatic heterocycles. The zero-order valence-corrected chi connectivity index (χ0v) is 8.29. The molecular weight excluding hydrogens is 218 g/mol. The van der Waals surface area contributed by atoms with Crippen LogP contribution in [0.3, 0.4) is 0 Å². The van der Waals surface area contributed by atoms with Crippen molar-refractivity contribution in [3.8, 4) is 0 Å². The van der Waals surface area contributed by atoms with E-state index in [-0.39, 0.29) is 0 Å². The summed E-state index contributed by atoms with van der Waals surface area (Å²) in [5.41, 5.74) is 0. The highest BCUT2D eigenvalue weighted by atomic mass is 16.6. The van der Waals surface area contributed by atoms with Gasteiger partial charge >= 0.3 is 0 Å². The number of aromatic nitrogens is 3. The number of rotatable bonds is 2. The number of ether oxygens (including phenoxy) is 1. The second kappa shape index (κ2) is 4.44. The zero-order valence-electron chi connectivity index (χ0n) is 8.29. The summed E-state index contributed by atoms with van der Waals surface area (Å²) in [7, 11) is 0. The van der Waals surface area contributed by atoms with Crippen LogP contribution in [0.1, 0.15) is 6.23 Å². The average molecular weight is 231 g/mol. The second-order valence-electron chi connectivity index (χ2n) is 3.60. The molecule has 5 atom stereocenters. The van der Waals surface area contributed by atoms with Gasteiger partial charge in [-0.2, -0.15) is 0 Å². The second-order valence-corrected chi connectivity index (χ2v) is 3.60. The van der Waals surface area contributed by atoms with Crippen molar-refractivity contribution < 1.29 is 25.2 Å². The first-order valence-corrected chi connectivity index (χ1v) is 4.81. The monoisotopic (exact) mass is 231 g/mol. The first-order valence-electron chi connectivity index (χ1n) is 4.81. The average Bonchev–Trinajstić information content (AvgIpc) is 2.80. The topological polar surface area (TPSA) is 121 Å². The minimum Gasteiger partial charge on any atom is -0.394 e. The van der Waals surface area contributed by atoms with E-state index in [4.69, 9.17) is 9.84 Å². The number of hydrogen-bond acceptors (Lipinski definition) is 7. The van der Waals surface area contributed by atoms with Crippen molar-refractivity contribution in [2.45, 2.75) is 30.6 Å². The minimum atomic E-state index is -1.40. The van der Waals surface area contributed by atoms with Crippen molar-refractivity contribution in [2.24, 2.45) is 0 Å². The molecule has 4 N–H and O–H groups in total. The maximum absolute atomic E-state index is 9.69. The molecule has 2 rings (SSSR count). The van der Waals surface area contributed by atoms with Crippen LogP contribution in [0.2, 0.25) is 0 Å². The van der Waals surface area contributed by atoms with Crippen molar-refractivity contribution in [2.75, 3.05) is 6.61 Å². The van der Waals surface area contributed by atoms with E-state index in [1.807, 2.05) is 0 Å². The van der Waals surface area contributed by atoms with Crippen molar-refractivity contribution in [3.63, 3.8) is 0 Å². The third-order valence-corrected chi connectivity index (χ3v) is 2.57. The van der Waals surface area contributed by atoms with Gasteiger partial charge in [-0.25, -0.2) is 4.68 Å². The van der Waals surface area contributed by atoms with Crippen molar-refractivity contribution in [3.05, 3.63) is 12.4 Å². The van der Waals surface area contributed by atoms with Gasteiger partial charge in [0.05, 0.1) is 12.8 Å². The van der Waals surface area contributed by atoms with E-state index >= 15 is 0 Å². The SMILES string of the molecule is OC[C@H]1O[C@@H](n2ccnn2)[C@H](O)[C@@H](O)[C@H]1O. The predicted octanol–water partition coefficient (Wildman–Crippen LogP) is -2.75. The van der Waals surface area contributed by atoms with Gasteiger partial charge in [0.15, 0.2) is 6.23 Å². The molecule has 1 fully saturated rings. The molecule has 0 amide bonds. The van der Waals surface area contributed by atoms with E-state index < -0.39 is 37.3 Å². The normalized spacial score (nSPS) is 39.9. The molecule has 0 aromatic carbocycles. The highest BCUT2D eigenvalue weighted by molar-refractivity contribution is 4.90. The van der Waals surface area contributed by atoms with Gasteiger partial charge in [0, 0.05) is 6.20 Å². The maximum atomic E-state index is 9.69. The molecule has 1 aliphatic rings. The third-order valence-electron chi connectivity index (χ3n) is 2.57. The molecule has 1 aliphatic heterocycles. The van der Waals surface area contributed by atoms with Gasteiger partial charge in [-0.1, -0.05) is 5.21 Å². The van der Waals surface area contributed by atoms with Crippen LogP contribution in [0.15, 0.2) is 12.4 Å². The Hall–Kier alpha value is -1.06. The Morgan fingerprint density at radius 2 is 1.94 bits per heavy atom. The van der Waals surface area contributed by atoms with Gasteiger partial charge in [0.1, 0.15) is 24.4 Å². The molecule has 0 spiro atoms. The molecule has 0 radical (unpaired) electrons. The van der Waals surface area contributed by atoms with E-state index in [1.54, 1.807) is 0 Å². The summed E-state index contributed by atoms with van der Waals surface area (Å²) in [4.78, 5) is 0. The fourth-order valence-electron chi connectivity index (χ4n) is 1.65. The lowest BCUT2D eigenvalue weighted by molar-refractivity contribution is -0.254. The van der Waals surface area contributed by atoms with Crippen molar-refractivity contribution in [1.82, 2.24) is 15.0 Å². The molecule has 1 aromatic rings. The molecule has 16 heavy (non-hydrogen) atoms. The maximum Gasteiger partial charge on any atom is 0.180 e. The largest absolute Gasteiger partial charge is 0.394 e. The van der Waals surface area contributed by atoms with Crippen LogP contribution in [-0.4, -0.2) is 66.4 Å². The van der Waals surface area contributed by atoms with Crippen LogP contribution in [-0.2, 0) is 4.74 Å². The fraction of sp³-hybridized carbons (Fsp3) is 0.750. The standard InChI is InChI=1S/C8H13N3O5/c12-3-4-5(13)6(14)7(15)8(16-4)11-2-1-9-10-11/h1-2,4-8,12-15H,3H2/t4-,5+,6+,7-,8-/m1/s1. The molecule has 0 unspecified atom stereocenters. The summed E-state index contributed by atoms with van der Waals surface area (Å²) in [5.74, 6) is 0. The first kappa shape index (κ1) is 11.4. The lowest BCUT2D eigenvalue weighted by Gasteiger charge is -2.39. The summed E-state index contributed by atoms with van der Waals surface area (Å²) in [6.07, 6.45) is -3.17. The molecule has 0 aliphatic carbocycles. The molecule has 0 bridgehead atoms.